The number of carbonyl (C=O) groups excluding carboxylic acids is 1. The molecule has 1 fully saturated rings. The van der Waals surface area contributed by atoms with E-state index in [-0.39, 0.29) is 18.4 Å². The number of halogens is 1. The van der Waals surface area contributed by atoms with E-state index in [0.717, 1.165) is 5.56 Å². The molecule has 1 aliphatic rings. The van der Waals surface area contributed by atoms with Crippen LogP contribution in [0.25, 0.3) is 0 Å². The number of ether oxygens (including phenoxy) is 1. The van der Waals surface area contributed by atoms with Gasteiger partial charge in [-0.1, -0.05) is 32.9 Å². The van der Waals surface area contributed by atoms with Crippen LogP contribution in [0.1, 0.15) is 32.8 Å². The van der Waals surface area contributed by atoms with Crippen molar-refractivity contribution in [3.05, 3.63) is 29.8 Å². The van der Waals surface area contributed by atoms with Crippen molar-refractivity contribution in [2.75, 3.05) is 13.7 Å². The maximum Gasteiger partial charge on any atom is 0.324 e. The highest BCUT2D eigenvalue weighted by Gasteiger charge is 2.41. The molecule has 1 aromatic carbocycles. The number of nitrogens with zero attached hydrogens (tertiary/aromatic N) is 1. The third-order valence-corrected chi connectivity index (χ3v) is 5.32. The molecule has 22 heavy (non-hydrogen) atoms. The van der Waals surface area contributed by atoms with Gasteiger partial charge in [0.25, 0.3) is 0 Å². The Bertz CT molecular complexity index is 568. The van der Waals surface area contributed by atoms with Crippen molar-refractivity contribution in [1.82, 2.24) is 4.31 Å². The summed E-state index contributed by atoms with van der Waals surface area (Å²) in [6, 6.07) is 6.60. The smallest absolute Gasteiger partial charge is 0.324 e. The first-order valence-electron chi connectivity index (χ1n) is 7.25. The molecule has 1 unspecified atom stereocenters. The second-order valence-corrected chi connectivity index (χ2v) is 7.93. The van der Waals surface area contributed by atoms with Crippen LogP contribution >= 0.6 is 0 Å². The second-order valence-electron chi connectivity index (χ2n) is 6.50. The summed E-state index contributed by atoms with van der Waals surface area (Å²) >= 11 is 0. The predicted molar refractivity (Wildman–Crippen MR) is 83.6 cm³/mol. The van der Waals surface area contributed by atoms with E-state index in [2.05, 4.69) is 25.5 Å². The van der Waals surface area contributed by atoms with E-state index in [1.807, 2.05) is 12.1 Å². The molecule has 0 saturated carbocycles. The summed E-state index contributed by atoms with van der Waals surface area (Å²) in [5.74, 6) is -0.542. The van der Waals surface area contributed by atoms with Gasteiger partial charge in [-0.25, -0.2) is 12.9 Å². The molecule has 0 amide bonds. The monoisotopic (exact) mass is 327 g/mol. The number of carbonyl (C=O) groups is 1. The molecule has 122 valence electrons. The van der Waals surface area contributed by atoms with Crippen LogP contribution in [0, 0.1) is 0 Å². The van der Waals surface area contributed by atoms with E-state index < -0.39 is 29.2 Å². The van der Waals surface area contributed by atoms with E-state index in [4.69, 9.17) is 0 Å². The van der Waals surface area contributed by atoms with Crippen LogP contribution in [0.2, 0.25) is 0 Å². The number of hydrogen-bond donors (Lipinski definition) is 0. The van der Waals surface area contributed by atoms with Crippen molar-refractivity contribution in [2.24, 2.45) is 0 Å². The lowest BCUT2D eigenvalue weighted by atomic mass is 9.87. The fourth-order valence-corrected chi connectivity index (χ4v) is 3.84. The van der Waals surface area contributed by atoms with Gasteiger partial charge in [0.2, 0.25) is 0 Å². The molecule has 0 bridgehead atoms. The van der Waals surface area contributed by atoms with Crippen molar-refractivity contribution in [2.45, 2.75) is 49.7 Å². The van der Waals surface area contributed by atoms with Gasteiger partial charge in [0.15, 0.2) is 0 Å². The van der Waals surface area contributed by atoms with Gasteiger partial charge in [0, 0.05) is 13.0 Å². The number of hydrogen-bond acceptors (Lipinski definition) is 3. The maximum atomic E-state index is 13.6. The number of rotatable bonds is 3. The molecule has 0 aromatic heterocycles. The zero-order valence-electron chi connectivity index (χ0n) is 13.3. The van der Waals surface area contributed by atoms with Gasteiger partial charge in [0.1, 0.15) is 23.2 Å². The van der Waals surface area contributed by atoms with Crippen molar-refractivity contribution in [1.29, 1.82) is 0 Å². The number of alkyl halides is 1. The molecule has 1 heterocycles. The molecule has 3 atom stereocenters. The Kier molecular flexibility index (Phi) is 5.02. The highest BCUT2D eigenvalue weighted by atomic mass is 32.2. The van der Waals surface area contributed by atoms with Crippen LogP contribution < -0.4 is 0 Å². The lowest BCUT2D eigenvalue weighted by Crippen LogP contribution is -2.38. The molecular formula is C16H22FNO3S. The lowest BCUT2D eigenvalue weighted by molar-refractivity contribution is -0.144. The Morgan fingerprint density at radius 1 is 1.32 bits per heavy atom. The molecule has 4 nitrogen and oxygen atoms in total. The molecule has 0 aliphatic carbocycles. The summed E-state index contributed by atoms with van der Waals surface area (Å²) in [6.07, 6.45) is -1.14. The van der Waals surface area contributed by atoms with Crippen molar-refractivity contribution in [3.8, 4) is 0 Å². The molecule has 1 saturated heterocycles. The zero-order chi connectivity index (χ0) is 16.5. The summed E-state index contributed by atoms with van der Waals surface area (Å²) in [5, 5.41) is 0. The quantitative estimate of drug-likeness (QED) is 0.802. The predicted octanol–water partition coefficient (Wildman–Crippen LogP) is 2.59. The van der Waals surface area contributed by atoms with Crippen molar-refractivity contribution >= 4 is 17.0 Å². The average molecular weight is 327 g/mol. The van der Waals surface area contributed by atoms with Crippen LogP contribution in [0.4, 0.5) is 4.39 Å². The van der Waals surface area contributed by atoms with E-state index in [0.29, 0.717) is 4.90 Å². The van der Waals surface area contributed by atoms with Gasteiger partial charge in [-0.05, 0) is 23.1 Å². The normalized spacial score (nSPS) is 24.2. The molecule has 0 N–H and O–H groups in total. The lowest BCUT2D eigenvalue weighted by Gasteiger charge is -2.22. The van der Waals surface area contributed by atoms with Crippen LogP contribution in [0.15, 0.2) is 29.2 Å². The van der Waals surface area contributed by atoms with Gasteiger partial charge in [-0.15, -0.1) is 0 Å². The maximum absolute atomic E-state index is 13.6. The second kappa shape index (κ2) is 6.46. The SMILES string of the molecule is COC(=O)[C@H]1C[C@@H](F)CN1S(=O)c1ccc(C(C)(C)C)cc1. The minimum absolute atomic E-state index is 0.00620. The van der Waals surface area contributed by atoms with Gasteiger partial charge < -0.3 is 4.74 Å². The summed E-state index contributed by atoms with van der Waals surface area (Å²) in [5.41, 5.74) is 1.13. The van der Waals surface area contributed by atoms with Crippen molar-refractivity contribution < 1.29 is 18.1 Å². The van der Waals surface area contributed by atoms with Crippen LogP contribution in [-0.2, 0) is 25.9 Å². The van der Waals surface area contributed by atoms with Gasteiger partial charge in [-0.3, -0.25) is 4.79 Å². The molecule has 2 rings (SSSR count). The summed E-state index contributed by atoms with van der Waals surface area (Å²) < 4.78 is 32.3. The Labute approximate surface area is 133 Å². The molecule has 1 aromatic rings. The van der Waals surface area contributed by atoms with Gasteiger partial charge in [0.05, 0.1) is 12.0 Å². The van der Waals surface area contributed by atoms with E-state index >= 15 is 0 Å². The highest BCUT2D eigenvalue weighted by Crippen LogP contribution is 2.28. The first-order valence-corrected chi connectivity index (χ1v) is 8.35. The number of benzene rings is 1. The highest BCUT2D eigenvalue weighted by molar-refractivity contribution is 7.82. The van der Waals surface area contributed by atoms with E-state index in [1.54, 1.807) is 12.1 Å². The zero-order valence-corrected chi connectivity index (χ0v) is 14.2. The van der Waals surface area contributed by atoms with Crippen LogP contribution in [0.3, 0.4) is 0 Å². The summed E-state index contributed by atoms with van der Waals surface area (Å²) in [7, 11) is -0.317. The Balaban J connectivity index is 2.21. The molecule has 1 aliphatic heterocycles. The van der Waals surface area contributed by atoms with Crippen molar-refractivity contribution in [3.63, 3.8) is 0 Å². The standard InChI is InChI=1S/C16H22FNO3S/c1-16(2,3)11-5-7-13(8-6-11)22(20)18-10-12(17)9-14(18)15(19)21-4/h5-8,12,14H,9-10H2,1-4H3/t12-,14-,22?/m1/s1. The fourth-order valence-electron chi connectivity index (χ4n) is 2.50. The van der Waals surface area contributed by atoms with Gasteiger partial charge in [-0.2, -0.15) is 0 Å². The first-order chi connectivity index (χ1) is 10.2. The molecule has 0 spiro atoms. The third kappa shape index (κ3) is 3.55. The molecule has 0 radical (unpaired) electrons. The Morgan fingerprint density at radius 3 is 2.41 bits per heavy atom. The minimum atomic E-state index is -1.57. The number of methoxy groups -OCH3 is 1. The average Bonchev–Trinajstić information content (AvgIpc) is 2.87. The third-order valence-electron chi connectivity index (χ3n) is 3.81. The fraction of sp³-hybridized carbons (Fsp3) is 0.562. The van der Waals surface area contributed by atoms with Crippen LogP contribution in [-0.4, -0.2) is 40.4 Å². The van der Waals surface area contributed by atoms with E-state index in [1.165, 1.54) is 11.4 Å². The Morgan fingerprint density at radius 2 is 1.91 bits per heavy atom. The topological polar surface area (TPSA) is 46.6 Å². The van der Waals surface area contributed by atoms with E-state index in [9.17, 15) is 13.4 Å². The van der Waals surface area contributed by atoms with Crippen LogP contribution in [0.5, 0.6) is 0 Å². The molecule has 6 heteroatoms. The minimum Gasteiger partial charge on any atom is -0.468 e. The summed E-state index contributed by atoms with van der Waals surface area (Å²) in [6.45, 7) is 6.27. The number of esters is 1. The largest absolute Gasteiger partial charge is 0.468 e. The summed E-state index contributed by atoms with van der Waals surface area (Å²) in [4.78, 5) is 12.3. The first kappa shape index (κ1) is 17.1. The van der Waals surface area contributed by atoms with Gasteiger partial charge >= 0.3 is 5.97 Å². The molecular weight excluding hydrogens is 305 g/mol. The Hall–Kier alpha value is -1.27.